The molecule has 0 aliphatic rings. The minimum atomic E-state index is -4.78. The van der Waals surface area contributed by atoms with Crippen molar-refractivity contribution in [1.29, 1.82) is 0 Å². The number of nitrogens with zero attached hydrogens (tertiary/aromatic N) is 4. The molecule has 0 saturated heterocycles. The van der Waals surface area contributed by atoms with Crippen molar-refractivity contribution < 1.29 is 27.6 Å². The van der Waals surface area contributed by atoms with Crippen molar-refractivity contribution >= 4 is 47.5 Å². The number of hydrogen-bond donors (Lipinski definition) is 4. The number of aromatic nitrogens is 4. The Morgan fingerprint density at radius 3 is 2.28 bits per heavy atom. The van der Waals surface area contributed by atoms with Crippen LogP contribution in [0.3, 0.4) is 0 Å². The van der Waals surface area contributed by atoms with Gasteiger partial charge in [-0.3, -0.25) is 0 Å². The minimum Gasteiger partial charge on any atom is -0.478 e. The predicted molar refractivity (Wildman–Crippen MR) is 143 cm³/mol. The highest BCUT2D eigenvalue weighted by molar-refractivity contribution is 7.70. The average Bonchev–Trinajstić information content (AvgIpc) is 2.88. The number of rotatable bonds is 8. The Kier molecular flexibility index (Phi) is 7.55. The van der Waals surface area contributed by atoms with Crippen LogP contribution in [0.5, 0.6) is 0 Å². The van der Waals surface area contributed by atoms with E-state index in [9.17, 15) is 22.5 Å². The quantitative estimate of drug-likeness (QED) is 0.207. The van der Waals surface area contributed by atoms with Gasteiger partial charge in [-0.15, -0.1) is 0 Å². The molecular weight excluding hydrogens is 534 g/mol. The fourth-order valence-corrected chi connectivity index (χ4v) is 4.74. The van der Waals surface area contributed by atoms with Gasteiger partial charge in [-0.25, -0.2) is 19.7 Å². The van der Waals surface area contributed by atoms with E-state index in [1.807, 2.05) is 0 Å². The zero-order chi connectivity index (χ0) is 28.4. The summed E-state index contributed by atoms with van der Waals surface area (Å²) in [5.74, 6) is -1.46. The second kappa shape index (κ2) is 10.7. The molecule has 14 heteroatoms. The lowest BCUT2D eigenvalue weighted by Gasteiger charge is -2.19. The van der Waals surface area contributed by atoms with Crippen molar-refractivity contribution in [3.8, 4) is 11.3 Å². The van der Waals surface area contributed by atoms with Gasteiger partial charge in [-0.2, -0.15) is 18.2 Å². The monoisotopic (exact) mass is 557 g/mol. The molecule has 10 nitrogen and oxygen atoms in total. The molecule has 4 aromatic rings. The molecule has 2 aromatic heterocycles. The van der Waals surface area contributed by atoms with E-state index in [1.165, 1.54) is 43.7 Å². The van der Waals surface area contributed by atoms with E-state index in [0.29, 0.717) is 34.4 Å². The third kappa shape index (κ3) is 6.50. The van der Waals surface area contributed by atoms with Crippen LogP contribution in [0.15, 0.2) is 60.9 Å². The maximum absolute atomic E-state index is 13.9. The van der Waals surface area contributed by atoms with E-state index >= 15 is 0 Å². The van der Waals surface area contributed by atoms with Gasteiger partial charge in [-0.05, 0) is 55.8 Å². The first kappa shape index (κ1) is 27.5. The summed E-state index contributed by atoms with van der Waals surface area (Å²) < 4.78 is 54.8. The fourth-order valence-electron chi connectivity index (χ4n) is 3.58. The van der Waals surface area contributed by atoms with E-state index in [0.717, 1.165) is 0 Å². The van der Waals surface area contributed by atoms with E-state index in [1.54, 1.807) is 31.4 Å². The largest absolute Gasteiger partial charge is 0.478 e. The highest BCUT2D eigenvalue weighted by Gasteiger charge is 2.36. The number of nitrogens with one attached hydrogen (secondary N) is 3. The summed E-state index contributed by atoms with van der Waals surface area (Å²) in [4.78, 5) is 27.3. The first-order chi connectivity index (χ1) is 18.3. The summed E-state index contributed by atoms with van der Waals surface area (Å²) in [6.07, 6.45) is -2.59. The van der Waals surface area contributed by atoms with Crippen molar-refractivity contribution in [2.24, 2.45) is 0 Å². The average molecular weight is 557 g/mol. The van der Waals surface area contributed by atoms with Crippen molar-refractivity contribution in [2.75, 3.05) is 36.3 Å². The molecule has 0 spiro atoms. The van der Waals surface area contributed by atoms with E-state index in [2.05, 4.69) is 35.9 Å². The molecule has 0 saturated carbocycles. The van der Waals surface area contributed by atoms with Crippen LogP contribution in [-0.2, 0) is 10.7 Å². The van der Waals surface area contributed by atoms with Gasteiger partial charge in [0.2, 0.25) is 11.9 Å². The summed E-state index contributed by atoms with van der Waals surface area (Å²) in [7, 11) is -1.34. The molecule has 4 N–H and O–H groups in total. The van der Waals surface area contributed by atoms with Gasteiger partial charge >= 0.3 is 12.1 Å². The lowest BCUT2D eigenvalue weighted by atomic mass is 10.1. The highest BCUT2D eigenvalue weighted by Crippen LogP contribution is 2.41. The van der Waals surface area contributed by atoms with Crippen LogP contribution in [0, 0.1) is 0 Å². The van der Waals surface area contributed by atoms with E-state index in [4.69, 9.17) is 5.11 Å². The van der Waals surface area contributed by atoms with Crippen LogP contribution in [0.2, 0.25) is 0 Å². The lowest BCUT2D eigenvalue weighted by molar-refractivity contribution is -0.137. The number of alkyl halides is 3. The van der Waals surface area contributed by atoms with Crippen molar-refractivity contribution in [2.45, 2.75) is 6.18 Å². The van der Waals surface area contributed by atoms with E-state index in [-0.39, 0.29) is 17.2 Å². The molecule has 0 atom stereocenters. The third-order valence-corrected chi connectivity index (χ3v) is 7.02. The molecule has 2 heterocycles. The number of hydrogen-bond acceptors (Lipinski definition) is 9. The summed E-state index contributed by atoms with van der Waals surface area (Å²) >= 11 is 0. The van der Waals surface area contributed by atoms with Crippen molar-refractivity contribution in [3.63, 3.8) is 0 Å². The summed E-state index contributed by atoms with van der Waals surface area (Å²) in [6.45, 7) is 3.02. The number of carboxylic acid groups (broad SMARTS) is 1. The Balaban J connectivity index is 1.74. The summed E-state index contributed by atoms with van der Waals surface area (Å²) in [6, 6.07) is 12.0. The smallest absolute Gasteiger partial charge is 0.421 e. The molecule has 0 aliphatic heterocycles. The Morgan fingerprint density at radius 1 is 0.949 bits per heavy atom. The first-order valence-electron chi connectivity index (χ1n) is 11.4. The number of benzene rings is 2. The molecule has 0 amide bonds. The molecule has 0 aliphatic carbocycles. The Labute approximate surface area is 221 Å². The van der Waals surface area contributed by atoms with Gasteiger partial charge in [-0.1, -0.05) is 6.07 Å². The second-order valence-corrected chi connectivity index (χ2v) is 11.9. The first-order valence-corrected chi connectivity index (χ1v) is 14.0. The van der Waals surface area contributed by atoms with Gasteiger partial charge in [0.15, 0.2) is 0 Å². The minimum absolute atomic E-state index is 0.0416. The van der Waals surface area contributed by atoms with Gasteiger partial charge in [0.05, 0.1) is 16.9 Å². The number of carbonyl (C=O) groups is 1. The number of carboxylic acids is 1. The van der Waals surface area contributed by atoms with E-state index < -0.39 is 30.7 Å². The van der Waals surface area contributed by atoms with Crippen LogP contribution in [0.25, 0.3) is 11.3 Å². The van der Waals surface area contributed by atoms with Crippen molar-refractivity contribution in [1.82, 2.24) is 19.9 Å². The topological polar surface area (TPSA) is 142 Å². The molecule has 0 radical (unpaired) electrons. The number of halogens is 3. The third-order valence-electron chi connectivity index (χ3n) is 5.49. The molecular formula is C25H23F3N7O3P. The zero-order valence-corrected chi connectivity index (χ0v) is 21.8. The molecule has 0 fully saturated rings. The fraction of sp³-hybridized carbons (Fsp3) is 0.160. The normalized spacial score (nSPS) is 11.6. The SMILES string of the molecule is CNc1nccc(-c2ccc(Nc3nc(Nc4ccc(C(=O)O)cc4)ncc3C(F)(F)F)c(P(C)(C)=O)c2)n1. The highest BCUT2D eigenvalue weighted by atomic mass is 31.2. The standard InChI is InChI=1S/C25H23F3N7O3P/c1-29-23-30-11-10-18(34-23)15-6-9-19(20(12-15)39(2,3)38)33-21-17(25(26,27)28)13-31-24(35-21)32-16-7-4-14(5-8-16)22(36)37/h4-13H,1-3H3,(H,36,37)(H,29,30,34)(H2,31,32,33,35). The molecule has 0 bridgehead atoms. The van der Waals surface area contributed by atoms with Crippen LogP contribution in [-0.4, -0.2) is 51.4 Å². The number of anilines is 5. The van der Waals surface area contributed by atoms with Crippen LogP contribution in [0.4, 0.5) is 42.3 Å². The Morgan fingerprint density at radius 2 is 1.67 bits per heavy atom. The molecule has 2 aromatic carbocycles. The van der Waals surface area contributed by atoms with Crippen LogP contribution < -0.4 is 21.3 Å². The molecule has 4 rings (SSSR count). The van der Waals surface area contributed by atoms with Gasteiger partial charge in [0.25, 0.3) is 0 Å². The Bertz CT molecular complexity index is 1570. The predicted octanol–water partition coefficient (Wildman–Crippen LogP) is 5.43. The maximum Gasteiger partial charge on any atom is 0.421 e. The Hall–Kier alpha value is -4.51. The molecule has 39 heavy (non-hydrogen) atoms. The zero-order valence-electron chi connectivity index (χ0n) is 20.9. The summed E-state index contributed by atoms with van der Waals surface area (Å²) in [5.41, 5.74) is 0.600. The van der Waals surface area contributed by atoms with Gasteiger partial charge in [0, 0.05) is 36.0 Å². The van der Waals surface area contributed by atoms with Gasteiger partial charge in [0.1, 0.15) is 18.5 Å². The van der Waals surface area contributed by atoms with Crippen LogP contribution in [0.1, 0.15) is 15.9 Å². The van der Waals surface area contributed by atoms with Gasteiger partial charge < -0.3 is 25.6 Å². The maximum atomic E-state index is 13.9. The number of aromatic carboxylic acids is 1. The second-order valence-electron chi connectivity index (χ2n) is 8.68. The molecule has 202 valence electrons. The summed E-state index contributed by atoms with van der Waals surface area (Å²) in [5, 5.41) is 17.6. The van der Waals surface area contributed by atoms with Crippen LogP contribution >= 0.6 is 7.14 Å². The molecule has 0 unspecified atom stereocenters. The van der Waals surface area contributed by atoms with Crippen molar-refractivity contribution in [3.05, 3.63) is 72.1 Å². The lowest BCUT2D eigenvalue weighted by Crippen LogP contribution is -2.16.